The number of aliphatic hydroxyl groups is 1. The first-order valence-corrected chi connectivity index (χ1v) is 17.3. The molecule has 0 aliphatic carbocycles. The summed E-state index contributed by atoms with van der Waals surface area (Å²) >= 11 is 0. The maximum absolute atomic E-state index is 13.9. The van der Waals surface area contributed by atoms with Crippen LogP contribution < -0.4 is 21.7 Å². The molecule has 0 radical (unpaired) electrons. The molecule has 0 unspecified atom stereocenters. The van der Waals surface area contributed by atoms with E-state index in [9.17, 15) is 38.1 Å². The molecule has 0 bridgehead atoms. The number of sulfonamides is 1. The number of rotatable bonds is 15. The van der Waals surface area contributed by atoms with Crippen molar-refractivity contribution in [3.05, 3.63) is 83.9 Å². The molecule has 0 aliphatic heterocycles. The molecule has 0 aromatic heterocycles. The van der Waals surface area contributed by atoms with E-state index in [1.54, 1.807) is 77.1 Å². The molecule has 0 aliphatic rings. The van der Waals surface area contributed by atoms with E-state index in [1.807, 2.05) is 6.07 Å². The van der Waals surface area contributed by atoms with Gasteiger partial charge in [0.2, 0.25) is 21.8 Å². The maximum atomic E-state index is 13.9. The Hall–Kier alpha value is -4.66. The van der Waals surface area contributed by atoms with Gasteiger partial charge in [-0.15, -0.1) is 0 Å². The Morgan fingerprint density at radius 2 is 1.55 bits per heavy atom. The van der Waals surface area contributed by atoms with Crippen molar-refractivity contribution in [3.63, 3.8) is 0 Å². The van der Waals surface area contributed by atoms with Gasteiger partial charge in [0, 0.05) is 30.4 Å². The van der Waals surface area contributed by atoms with E-state index in [0.717, 1.165) is 28.1 Å². The lowest BCUT2D eigenvalue weighted by Gasteiger charge is -2.34. The molecule has 14 heteroatoms. The van der Waals surface area contributed by atoms with E-state index in [1.165, 1.54) is 6.07 Å². The molecular formula is C35H47N5O8S. The number of carbonyl (C=O) groups is 3. The van der Waals surface area contributed by atoms with Gasteiger partial charge in [0.1, 0.15) is 6.04 Å². The number of hydrogen-bond acceptors (Lipinski definition) is 9. The molecule has 0 saturated carbocycles. The first-order valence-electron chi connectivity index (χ1n) is 15.9. The number of aromatic hydroxyl groups is 2. The average Bonchev–Trinajstić information content (AvgIpc) is 3.02. The second kappa shape index (κ2) is 16.6. The molecule has 0 saturated heterocycles. The third kappa shape index (κ3) is 11.2. The fourth-order valence-electron chi connectivity index (χ4n) is 5.07. The third-order valence-corrected chi connectivity index (χ3v) is 9.45. The lowest BCUT2D eigenvalue weighted by molar-refractivity contribution is -0.132. The number of phenolic OH excluding ortho intramolecular Hbond substituents is 2. The minimum atomic E-state index is -4.27. The minimum Gasteiger partial charge on any atom is -0.504 e. The Kier molecular flexibility index (Phi) is 13.2. The van der Waals surface area contributed by atoms with Gasteiger partial charge in [0.05, 0.1) is 23.6 Å². The Morgan fingerprint density at radius 1 is 0.878 bits per heavy atom. The summed E-state index contributed by atoms with van der Waals surface area (Å²) in [5, 5.41) is 39.3. The first kappa shape index (κ1) is 38.8. The van der Waals surface area contributed by atoms with Crippen molar-refractivity contribution in [2.75, 3.05) is 25.4 Å². The van der Waals surface area contributed by atoms with E-state index in [0.29, 0.717) is 5.69 Å². The zero-order valence-corrected chi connectivity index (χ0v) is 29.2. The van der Waals surface area contributed by atoms with Crippen LogP contribution in [0.2, 0.25) is 0 Å². The van der Waals surface area contributed by atoms with Crippen LogP contribution in [0.4, 0.5) is 5.69 Å². The predicted molar refractivity (Wildman–Crippen MR) is 186 cm³/mol. The molecule has 13 nitrogen and oxygen atoms in total. The summed E-state index contributed by atoms with van der Waals surface area (Å²) in [4.78, 5) is 39.1. The molecule has 3 rings (SSSR count). The van der Waals surface area contributed by atoms with Crippen LogP contribution in [-0.2, 0) is 26.0 Å². The molecular weight excluding hydrogens is 650 g/mol. The maximum Gasteiger partial charge on any atom is 0.251 e. The van der Waals surface area contributed by atoms with Gasteiger partial charge in [-0.1, -0.05) is 71.0 Å². The number of phenols is 2. The van der Waals surface area contributed by atoms with Crippen LogP contribution in [0.25, 0.3) is 0 Å². The summed E-state index contributed by atoms with van der Waals surface area (Å²) in [6.45, 7) is 8.03. The summed E-state index contributed by atoms with van der Waals surface area (Å²) in [7, 11) is -4.27. The Balaban J connectivity index is 1.84. The van der Waals surface area contributed by atoms with Crippen LogP contribution in [0.5, 0.6) is 11.5 Å². The highest BCUT2D eigenvalue weighted by Gasteiger charge is 2.37. The van der Waals surface area contributed by atoms with Crippen LogP contribution in [0, 0.1) is 11.3 Å². The quantitative estimate of drug-likeness (QED) is 0.0917. The molecule has 0 fully saturated rings. The molecule has 49 heavy (non-hydrogen) atoms. The van der Waals surface area contributed by atoms with Gasteiger partial charge < -0.3 is 37.0 Å². The number of nitrogens with one attached hydrogen (secondary N) is 3. The predicted octanol–water partition coefficient (Wildman–Crippen LogP) is 2.38. The Labute approximate surface area is 287 Å². The van der Waals surface area contributed by atoms with Crippen LogP contribution in [0.15, 0.2) is 77.7 Å². The lowest BCUT2D eigenvalue weighted by atomic mass is 9.85. The van der Waals surface area contributed by atoms with E-state index in [2.05, 4.69) is 16.0 Å². The SMILES string of the molecule is CC(C)CN(C[C@@H](O)[C@H](Cc1ccccc1)NC(=O)[C@@H](NC(=O)CNC(=O)c1cccc(N)c1)C(C)(C)C)S(=O)(=O)c1ccc(O)c(O)c1. The van der Waals surface area contributed by atoms with Gasteiger partial charge in [0.25, 0.3) is 5.91 Å². The average molecular weight is 698 g/mol. The molecule has 3 amide bonds. The fourth-order valence-corrected chi connectivity index (χ4v) is 6.72. The van der Waals surface area contributed by atoms with Crippen molar-refractivity contribution in [2.24, 2.45) is 11.3 Å². The van der Waals surface area contributed by atoms with Gasteiger partial charge in [-0.2, -0.15) is 4.31 Å². The number of hydrogen-bond donors (Lipinski definition) is 7. The number of aliphatic hydroxyl groups excluding tert-OH is 1. The highest BCUT2D eigenvalue weighted by molar-refractivity contribution is 7.89. The minimum absolute atomic E-state index is 0.00893. The van der Waals surface area contributed by atoms with E-state index < -0.39 is 75.9 Å². The van der Waals surface area contributed by atoms with Crippen molar-refractivity contribution in [1.29, 1.82) is 0 Å². The standard InChI is InChI=1S/C35H47N5O8S/c1-22(2)20-40(49(47,48)26-14-15-28(41)29(42)18-26)21-30(43)27(16-23-10-7-6-8-11-23)38-34(46)32(35(3,4)5)39-31(44)19-37-33(45)24-12-9-13-25(36)17-24/h6-15,17-18,22,27,30,32,41-43H,16,19-21,36H2,1-5H3,(H,37,45)(H,38,46)(H,39,44)/t27-,30+,32+/m0/s1. The number of benzene rings is 3. The van der Waals surface area contributed by atoms with Crippen molar-refractivity contribution in [3.8, 4) is 11.5 Å². The van der Waals surface area contributed by atoms with E-state index in [4.69, 9.17) is 5.73 Å². The van der Waals surface area contributed by atoms with Gasteiger partial charge in [0.15, 0.2) is 11.5 Å². The molecule has 0 spiro atoms. The second-order valence-electron chi connectivity index (χ2n) is 13.4. The van der Waals surface area contributed by atoms with Gasteiger partial charge in [-0.25, -0.2) is 8.42 Å². The van der Waals surface area contributed by atoms with E-state index >= 15 is 0 Å². The number of nitrogens with zero attached hydrogens (tertiary/aromatic N) is 1. The number of amides is 3. The number of nitrogen functional groups attached to an aromatic ring is 1. The van der Waals surface area contributed by atoms with Crippen molar-refractivity contribution in [1.82, 2.24) is 20.3 Å². The Bertz CT molecular complexity index is 1710. The van der Waals surface area contributed by atoms with Gasteiger partial charge in [-0.3, -0.25) is 14.4 Å². The molecule has 3 aromatic rings. The summed E-state index contributed by atoms with van der Waals surface area (Å²) < 4.78 is 28.5. The zero-order chi connectivity index (χ0) is 36.5. The van der Waals surface area contributed by atoms with Crippen LogP contribution in [-0.4, -0.2) is 83.6 Å². The van der Waals surface area contributed by atoms with Gasteiger partial charge >= 0.3 is 0 Å². The van der Waals surface area contributed by atoms with Crippen molar-refractivity contribution < 1.29 is 38.1 Å². The fraction of sp³-hybridized carbons (Fsp3) is 0.400. The number of carbonyl (C=O) groups excluding carboxylic acids is 3. The second-order valence-corrected chi connectivity index (χ2v) is 15.4. The molecule has 266 valence electrons. The number of anilines is 1. The zero-order valence-electron chi connectivity index (χ0n) is 28.4. The Morgan fingerprint density at radius 3 is 2.14 bits per heavy atom. The molecule has 3 atom stereocenters. The summed E-state index contributed by atoms with van der Waals surface area (Å²) in [5.41, 5.74) is 6.35. The molecule has 3 aromatic carbocycles. The first-order chi connectivity index (χ1) is 22.9. The summed E-state index contributed by atoms with van der Waals surface area (Å²) in [6.07, 6.45) is -1.29. The highest BCUT2D eigenvalue weighted by atomic mass is 32.2. The van der Waals surface area contributed by atoms with E-state index in [-0.39, 0.29) is 29.3 Å². The summed E-state index contributed by atoms with van der Waals surface area (Å²) in [6, 6.07) is 16.3. The van der Waals surface area contributed by atoms with Crippen LogP contribution >= 0.6 is 0 Å². The smallest absolute Gasteiger partial charge is 0.251 e. The van der Waals surface area contributed by atoms with Gasteiger partial charge in [-0.05, 0) is 53.6 Å². The van der Waals surface area contributed by atoms with Crippen molar-refractivity contribution in [2.45, 2.75) is 64.1 Å². The highest BCUT2D eigenvalue weighted by Crippen LogP contribution is 2.29. The molecule has 0 heterocycles. The largest absolute Gasteiger partial charge is 0.504 e. The van der Waals surface area contributed by atoms with Crippen LogP contribution in [0.1, 0.15) is 50.5 Å². The topological polar surface area (TPSA) is 211 Å². The third-order valence-electron chi connectivity index (χ3n) is 7.63. The van der Waals surface area contributed by atoms with Crippen LogP contribution in [0.3, 0.4) is 0 Å². The monoisotopic (exact) mass is 697 g/mol. The van der Waals surface area contributed by atoms with Crippen molar-refractivity contribution >= 4 is 33.4 Å². The lowest BCUT2D eigenvalue weighted by Crippen LogP contribution is -2.59. The normalized spacial score (nSPS) is 13.8. The summed E-state index contributed by atoms with van der Waals surface area (Å²) in [5.74, 6) is -3.02. The number of nitrogens with two attached hydrogens (primary N) is 1. The molecule has 8 N–H and O–H groups in total.